The van der Waals surface area contributed by atoms with Crippen LogP contribution in [-0.2, 0) is 19.1 Å². The lowest BCUT2D eigenvalue weighted by Crippen LogP contribution is -2.37. The van der Waals surface area contributed by atoms with Crippen LogP contribution in [0.25, 0.3) is 0 Å². The van der Waals surface area contributed by atoms with E-state index in [9.17, 15) is 9.59 Å². The summed E-state index contributed by atoms with van der Waals surface area (Å²) in [5.74, 6) is -0.783. The monoisotopic (exact) mass is 406 g/mol. The minimum Gasteiger partial charge on any atom is -0.466 e. The SMILES string of the molecule is CCOC(=O)CC1=CSC2=NC(C)=C(C(=O)OC)[C@H](c3ccc(Cl)cc3)N12. The van der Waals surface area contributed by atoms with Gasteiger partial charge >= 0.3 is 11.9 Å². The van der Waals surface area contributed by atoms with Gasteiger partial charge in [-0.3, -0.25) is 4.79 Å². The Hall–Kier alpha value is -2.25. The molecule has 0 aliphatic carbocycles. The third-order valence-electron chi connectivity index (χ3n) is 4.22. The zero-order valence-electron chi connectivity index (χ0n) is 15.2. The summed E-state index contributed by atoms with van der Waals surface area (Å²) in [4.78, 5) is 31.0. The van der Waals surface area contributed by atoms with Crippen LogP contribution in [0.5, 0.6) is 0 Å². The number of carbonyl (C=O) groups excluding carboxylic acids is 2. The number of halogens is 1. The fourth-order valence-electron chi connectivity index (χ4n) is 3.06. The molecule has 0 saturated carbocycles. The Bertz CT molecular complexity index is 861. The third-order valence-corrected chi connectivity index (χ3v) is 5.36. The van der Waals surface area contributed by atoms with Gasteiger partial charge in [0, 0.05) is 10.7 Å². The molecule has 2 heterocycles. The molecule has 0 saturated heterocycles. The van der Waals surface area contributed by atoms with Gasteiger partial charge in [0.1, 0.15) is 0 Å². The number of amidine groups is 1. The minimum atomic E-state index is -0.460. The molecular weight excluding hydrogens is 388 g/mol. The first-order chi connectivity index (χ1) is 13.0. The average molecular weight is 407 g/mol. The highest BCUT2D eigenvalue weighted by Crippen LogP contribution is 2.44. The number of thioether (sulfide) groups is 1. The van der Waals surface area contributed by atoms with E-state index in [1.165, 1.54) is 18.9 Å². The van der Waals surface area contributed by atoms with Crippen molar-refractivity contribution in [2.24, 2.45) is 4.99 Å². The number of hydrogen-bond donors (Lipinski definition) is 0. The smallest absolute Gasteiger partial charge is 0.338 e. The molecule has 2 aliphatic rings. The summed E-state index contributed by atoms with van der Waals surface area (Å²) in [5.41, 5.74) is 2.60. The number of hydrogen-bond acceptors (Lipinski definition) is 7. The van der Waals surface area contributed by atoms with Crippen molar-refractivity contribution in [3.8, 4) is 0 Å². The summed E-state index contributed by atoms with van der Waals surface area (Å²) in [6.07, 6.45) is 0.0947. The third kappa shape index (κ3) is 3.89. The van der Waals surface area contributed by atoms with Gasteiger partial charge in [0.15, 0.2) is 5.17 Å². The summed E-state index contributed by atoms with van der Waals surface area (Å²) in [5, 5.41) is 3.17. The van der Waals surface area contributed by atoms with E-state index in [0.29, 0.717) is 28.1 Å². The first-order valence-corrected chi connectivity index (χ1v) is 9.65. The molecular formula is C19H19ClN2O4S. The number of rotatable bonds is 5. The lowest BCUT2D eigenvalue weighted by atomic mass is 9.94. The first-order valence-electron chi connectivity index (χ1n) is 8.40. The largest absolute Gasteiger partial charge is 0.466 e. The molecule has 27 heavy (non-hydrogen) atoms. The van der Waals surface area contributed by atoms with Crippen LogP contribution in [0.4, 0.5) is 0 Å². The van der Waals surface area contributed by atoms with Crippen LogP contribution in [-0.4, -0.2) is 35.7 Å². The molecule has 142 valence electrons. The number of allylic oxidation sites excluding steroid dienone is 1. The Morgan fingerprint density at radius 2 is 2.00 bits per heavy atom. The number of fused-ring (bicyclic) bond motifs is 1. The number of carbonyl (C=O) groups is 2. The molecule has 1 aromatic rings. The number of esters is 2. The Morgan fingerprint density at radius 3 is 2.63 bits per heavy atom. The second-order valence-electron chi connectivity index (χ2n) is 5.92. The second kappa shape index (κ2) is 8.19. The van der Waals surface area contributed by atoms with Gasteiger partial charge in [-0.25, -0.2) is 9.79 Å². The Kier molecular flexibility index (Phi) is 5.92. The van der Waals surface area contributed by atoms with Crippen LogP contribution in [0.1, 0.15) is 31.9 Å². The van der Waals surface area contributed by atoms with Crippen LogP contribution in [0.15, 0.2) is 51.6 Å². The van der Waals surface area contributed by atoms with Gasteiger partial charge in [0.2, 0.25) is 0 Å². The second-order valence-corrected chi connectivity index (χ2v) is 7.19. The average Bonchev–Trinajstić information content (AvgIpc) is 3.03. The number of ether oxygens (including phenoxy) is 2. The number of methoxy groups -OCH3 is 1. The van der Waals surface area contributed by atoms with Crippen molar-refractivity contribution in [3.05, 3.63) is 57.2 Å². The Balaban J connectivity index is 2.06. The molecule has 0 spiro atoms. The molecule has 0 unspecified atom stereocenters. The van der Waals surface area contributed by atoms with Crippen LogP contribution in [0.2, 0.25) is 5.02 Å². The van der Waals surface area contributed by atoms with E-state index < -0.39 is 12.0 Å². The predicted octanol–water partition coefficient (Wildman–Crippen LogP) is 4.04. The summed E-state index contributed by atoms with van der Waals surface area (Å²) in [6.45, 7) is 3.86. The van der Waals surface area contributed by atoms with E-state index in [4.69, 9.17) is 21.1 Å². The van der Waals surface area contributed by atoms with Crippen LogP contribution >= 0.6 is 23.4 Å². The summed E-state index contributed by atoms with van der Waals surface area (Å²) < 4.78 is 10.1. The Labute approximate surface area is 166 Å². The van der Waals surface area contributed by atoms with Gasteiger partial charge in [-0.05, 0) is 37.0 Å². The maximum atomic E-state index is 12.5. The van der Waals surface area contributed by atoms with Crippen molar-refractivity contribution in [2.75, 3.05) is 13.7 Å². The molecule has 8 heteroatoms. The molecule has 6 nitrogen and oxygen atoms in total. The van der Waals surface area contributed by atoms with Crippen LogP contribution in [0, 0.1) is 0 Å². The topological polar surface area (TPSA) is 68.2 Å². The van der Waals surface area contributed by atoms with E-state index >= 15 is 0 Å². The van der Waals surface area contributed by atoms with Gasteiger partial charge in [-0.1, -0.05) is 35.5 Å². The zero-order chi connectivity index (χ0) is 19.6. The van der Waals surface area contributed by atoms with E-state index in [0.717, 1.165) is 11.3 Å². The highest BCUT2D eigenvalue weighted by atomic mass is 35.5. The maximum absolute atomic E-state index is 12.5. The van der Waals surface area contributed by atoms with Gasteiger partial charge in [-0.15, -0.1) is 0 Å². The van der Waals surface area contributed by atoms with E-state index in [1.54, 1.807) is 26.0 Å². The van der Waals surface area contributed by atoms with Gasteiger partial charge in [-0.2, -0.15) is 0 Å². The lowest BCUT2D eigenvalue weighted by molar-refractivity contribution is -0.142. The summed E-state index contributed by atoms with van der Waals surface area (Å²) in [6, 6.07) is 6.79. The predicted molar refractivity (Wildman–Crippen MR) is 105 cm³/mol. The fourth-order valence-corrected chi connectivity index (χ4v) is 4.15. The van der Waals surface area contributed by atoms with Crippen molar-refractivity contribution in [1.29, 1.82) is 0 Å². The molecule has 0 fully saturated rings. The molecule has 0 N–H and O–H groups in total. The first kappa shape index (κ1) is 19.5. The Morgan fingerprint density at radius 1 is 1.30 bits per heavy atom. The molecule has 0 radical (unpaired) electrons. The quantitative estimate of drug-likeness (QED) is 0.687. The zero-order valence-corrected chi connectivity index (χ0v) is 16.8. The van der Waals surface area contributed by atoms with E-state index in [-0.39, 0.29) is 12.4 Å². The number of nitrogens with zero attached hydrogens (tertiary/aromatic N) is 2. The maximum Gasteiger partial charge on any atom is 0.338 e. The molecule has 0 amide bonds. The van der Waals surface area contributed by atoms with Crippen molar-refractivity contribution in [2.45, 2.75) is 26.3 Å². The summed E-state index contributed by atoms with van der Waals surface area (Å²) >= 11 is 7.45. The van der Waals surface area contributed by atoms with Crippen LogP contribution in [0.3, 0.4) is 0 Å². The molecule has 1 aromatic carbocycles. The van der Waals surface area contributed by atoms with Crippen molar-refractivity contribution < 1.29 is 19.1 Å². The normalized spacial score (nSPS) is 18.7. The molecule has 0 aromatic heterocycles. The van der Waals surface area contributed by atoms with Crippen LogP contribution < -0.4 is 0 Å². The number of aliphatic imine (C=N–C) groups is 1. The van der Waals surface area contributed by atoms with E-state index in [2.05, 4.69) is 4.99 Å². The fraction of sp³-hybridized carbons (Fsp3) is 0.316. The van der Waals surface area contributed by atoms with E-state index in [1.807, 2.05) is 22.4 Å². The van der Waals surface area contributed by atoms with Crippen molar-refractivity contribution in [1.82, 2.24) is 4.90 Å². The van der Waals surface area contributed by atoms with Crippen molar-refractivity contribution >= 4 is 40.5 Å². The standard InChI is InChI=1S/C19H19ClN2O4S/c1-4-26-15(23)9-14-10-27-19-21-11(2)16(18(24)25-3)17(22(14)19)12-5-7-13(20)8-6-12/h5-8,10,17H,4,9H2,1-3H3/t17-/m0/s1. The molecule has 3 rings (SSSR count). The van der Waals surface area contributed by atoms with Gasteiger partial charge in [0.25, 0.3) is 0 Å². The lowest BCUT2D eigenvalue weighted by Gasteiger charge is -2.36. The summed E-state index contributed by atoms with van der Waals surface area (Å²) in [7, 11) is 1.34. The minimum absolute atomic E-state index is 0.0947. The molecule has 1 atom stereocenters. The highest BCUT2D eigenvalue weighted by molar-refractivity contribution is 8.16. The van der Waals surface area contributed by atoms with Crippen molar-refractivity contribution in [3.63, 3.8) is 0 Å². The molecule has 2 aliphatic heterocycles. The highest BCUT2D eigenvalue weighted by Gasteiger charge is 2.41. The number of benzene rings is 1. The van der Waals surface area contributed by atoms with Gasteiger partial charge in [0.05, 0.1) is 37.4 Å². The molecule has 0 bridgehead atoms. The van der Waals surface area contributed by atoms with Gasteiger partial charge < -0.3 is 14.4 Å².